The number of piperidine rings is 1. The molecule has 2 heterocycles. The topological polar surface area (TPSA) is 32.3 Å². The Balaban J connectivity index is 1.76. The van der Waals surface area contributed by atoms with Gasteiger partial charge in [0.15, 0.2) is 0 Å². The van der Waals surface area contributed by atoms with E-state index in [0.717, 1.165) is 25.2 Å². The van der Waals surface area contributed by atoms with E-state index < -0.39 is 5.41 Å². The molecule has 1 N–H and O–H groups in total. The molecule has 0 aliphatic carbocycles. The van der Waals surface area contributed by atoms with Gasteiger partial charge < -0.3 is 10.2 Å². The molecule has 2 aliphatic heterocycles. The molecule has 2 fully saturated rings. The second kappa shape index (κ2) is 5.21. The monoisotopic (exact) mass is 272 g/mol. The maximum Gasteiger partial charge on any atom is 0.232 e. The zero-order chi connectivity index (χ0) is 14.2. The van der Waals surface area contributed by atoms with E-state index in [-0.39, 0.29) is 5.91 Å². The van der Waals surface area contributed by atoms with E-state index in [4.69, 9.17) is 0 Å². The average molecular weight is 272 g/mol. The largest absolute Gasteiger partial charge is 0.340 e. The van der Waals surface area contributed by atoms with Crippen LogP contribution in [-0.2, 0) is 10.2 Å². The first-order valence-corrected chi connectivity index (χ1v) is 7.67. The van der Waals surface area contributed by atoms with Gasteiger partial charge in [-0.15, -0.1) is 0 Å². The fourth-order valence-corrected chi connectivity index (χ4v) is 3.59. The Morgan fingerprint density at radius 1 is 1.25 bits per heavy atom. The van der Waals surface area contributed by atoms with E-state index >= 15 is 0 Å². The maximum atomic E-state index is 12.9. The fourth-order valence-electron chi connectivity index (χ4n) is 3.59. The number of fused-ring (bicyclic) bond motifs is 1. The number of likely N-dealkylation sites (tertiary alicyclic amines) is 1. The van der Waals surface area contributed by atoms with Crippen LogP contribution in [0.3, 0.4) is 0 Å². The maximum absolute atomic E-state index is 12.9. The van der Waals surface area contributed by atoms with Gasteiger partial charge in [-0.25, -0.2) is 0 Å². The number of carbonyl (C=O) groups excluding carboxylic acids is 1. The number of hydrogen-bond donors (Lipinski definition) is 1. The Hall–Kier alpha value is -1.35. The van der Waals surface area contributed by atoms with Crippen molar-refractivity contribution in [3.63, 3.8) is 0 Å². The molecule has 108 valence electrons. The van der Waals surface area contributed by atoms with Gasteiger partial charge in [-0.1, -0.05) is 30.3 Å². The predicted molar refractivity (Wildman–Crippen MR) is 80.6 cm³/mol. The van der Waals surface area contributed by atoms with Crippen molar-refractivity contribution in [2.75, 3.05) is 19.6 Å². The minimum atomic E-state index is -0.436. The van der Waals surface area contributed by atoms with Crippen molar-refractivity contribution in [2.24, 2.45) is 5.92 Å². The summed E-state index contributed by atoms with van der Waals surface area (Å²) < 4.78 is 0. The predicted octanol–water partition coefficient (Wildman–Crippen LogP) is 2.17. The second-order valence-corrected chi connectivity index (χ2v) is 6.66. The highest BCUT2D eigenvalue weighted by Crippen LogP contribution is 2.31. The van der Waals surface area contributed by atoms with Gasteiger partial charge in [-0.3, -0.25) is 4.79 Å². The normalized spacial score (nSPS) is 26.4. The van der Waals surface area contributed by atoms with Crippen LogP contribution in [0.25, 0.3) is 0 Å². The third-order valence-electron chi connectivity index (χ3n) is 4.92. The van der Waals surface area contributed by atoms with Gasteiger partial charge in [-0.2, -0.15) is 0 Å². The summed E-state index contributed by atoms with van der Waals surface area (Å²) >= 11 is 0. The first kappa shape index (κ1) is 13.6. The van der Waals surface area contributed by atoms with Gasteiger partial charge >= 0.3 is 0 Å². The number of rotatable bonds is 2. The number of amides is 1. The van der Waals surface area contributed by atoms with Crippen LogP contribution in [0.15, 0.2) is 30.3 Å². The Kier molecular flexibility index (Phi) is 3.55. The van der Waals surface area contributed by atoms with E-state index in [0.29, 0.717) is 12.0 Å². The first-order chi connectivity index (χ1) is 9.59. The summed E-state index contributed by atoms with van der Waals surface area (Å²) in [7, 11) is 0. The van der Waals surface area contributed by atoms with E-state index in [1.807, 2.05) is 32.0 Å². The highest BCUT2D eigenvalue weighted by Gasteiger charge is 2.41. The van der Waals surface area contributed by atoms with Crippen molar-refractivity contribution in [2.45, 2.75) is 38.1 Å². The molecule has 1 amide bonds. The highest BCUT2D eigenvalue weighted by molar-refractivity contribution is 5.87. The van der Waals surface area contributed by atoms with Crippen molar-refractivity contribution in [3.8, 4) is 0 Å². The number of nitrogens with one attached hydrogen (secondary N) is 1. The minimum absolute atomic E-state index is 0.264. The van der Waals surface area contributed by atoms with Gasteiger partial charge in [0.2, 0.25) is 5.91 Å². The molecule has 0 radical (unpaired) electrons. The fraction of sp³-hybridized carbons (Fsp3) is 0.588. The Morgan fingerprint density at radius 2 is 2.00 bits per heavy atom. The SMILES string of the molecule is CC(C)(C(=O)N1C[C@@H]2CCCN[C@@H]2C1)c1ccccc1. The number of carbonyl (C=O) groups is 1. The molecule has 2 saturated heterocycles. The number of benzene rings is 1. The third-order valence-corrected chi connectivity index (χ3v) is 4.92. The second-order valence-electron chi connectivity index (χ2n) is 6.66. The van der Waals surface area contributed by atoms with E-state index in [9.17, 15) is 4.79 Å². The number of hydrogen-bond acceptors (Lipinski definition) is 2. The molecule has 0 unspecified atom stereocenters. The lowest BCUT2D eigenvalue weighted by Crippen LogP contribution is -2.44. The summed E-state index contributed by atoms with van der Waals surface area (Å²) in [6.45, 7) is 6.98. The third kappa shape index (κ3) is 2.35. The molecule has 0 aromatic heterocycles. The molecule has 0 spiro atoms. The summed E-state index contributed by atoms with van der Waals surface area (Å²) in [5, 5.41) is 3.56. The van der Waals surface area contributed by atoms with Crippen LogP contribution in [0.5, 0.6) is 0 Å². The summed E-state index contributed by atoms with van der Waals surface area (Å²) in [5.74, 6) is 0.916. The summed E-state index contributed by atoms with van der Waals surface area (Å²) in [4.78, 5) is 15.0. The van der Waals surface area contributed by atoms with Crippen LogP contribution in [0, 0.1) is 5.92 Å². The van der Waals surface area contributed by atoms with Gasteiger partial charge in [0.25, 0.3) is 0 Å². The van der Waals surface area contributed by atoms with Gasteiger partial charge in [0.1, 0.15) is 0 Å². The molecule has 3 nitrogen and oxygen atoms in total. The van der Waals surface area contributed by atoms with Gasteiger partial charge in [0, 0.05) is 19.1 Å². The van der Waals surface area contributed by atoms with Crippen LogP contribution in [0.1, 0.15) is 32.3 Å². The quantitative estimate of drug-likeness (QED) is 0.895. The van der Waals surface area contributed by atoms with Crippen molar-refractivity contribution in [1.82, 2.24) is 10.2 Å². The van der Waals surface area contributed by atoms with Crippen LogP contribution in [-0.4, -0.2) is 36.5 Å². The number of nitrogens with zero attached hydrogens (tertiary/aromatic N) is 1. The smallest absolute Gasteiger partial charge is 0.232 e. The zero-order valence-electron chi connectivity index (χ0n) is 12.4. The summed E-state index contributed by atoms with van der Waals surface area (Å²) in [6.07, 6.45) is 2.50. The molecule has 2 atom stereocenters. The van der Waals surface area contributed by atoms with E-state index in [2.05, 4.69) is 22.3 Å². The lowest BCUT2D eigenvalue weighted by atomic mass is 9.83. The van der Waals surface area contributed by atoms with Crippen LogP contribution in [0.4, 0.5) is 0 Å². The van der Waals surface area contributed by atoms with Gasteiger partial charge in [-0.05, 0) is 44.7 Å². The highest BCUT2D eigenvalue weighted by atomic mass is 16.2. The van der Waals surface area contributed by atoms with E-state index in [1.54, 1.807) is 0 Å². The Labute approximate surface area is 121 Å². The van der Waals surface area contributed by atoms with Crippen LogP contribution >= 0.6 is 0 Å². The first-order valence-electron chi connectivity index (χ1n) is 7.67. The molecule has 0 saturated carbocycles. The Morgan fingerprint density at radius 3 is 2.70 bits per heavy atom. The summed E-state index contributed by atoms with van der Waals surface area (Å²) in [6, 6.07) is 10.6. The standard InChI is InChI=1S/C17H24N2O/c1-17(2,14-8-4-3-5-9-14)16(20)19-11-13-7-6-10-18-15(13)12-19/h3-5,8-9,13,15,18H,6-7,10-12H2,1-2H3/t13-,15+/m0/s1. The van der Waals surface area contributed by atoms with Crippen LogP contribution < -0.4 is 5.32 Å². The average Bonchev–Trinajstić information content (AvgIpc) is 2.91. The lowest BCUT2D eigenvalue weighted by Gasteiger charge is -2.29. The molecular weight excluding hydrogens is 248 g/mol. The van der Waals surface area contributed by atoms with Gasteiger partial charge in [0.05, 0.1) is 5.41 Å². The molecule has 3 heteroatoms. The summed E-state index contributed by atoms with van der Waals surface area (Å²) in [5.41, 5.74) is 0.669. The van der Waals surface area contributed by atoms with Crippen molar-refractivity contribution in [1.29, 1.82) is 0 Å². The molecule has 3 rings (SSSR count). The van der Waals surface area contributed by atoms with Crippen molar-refractivity contribution < 1.29 is 4.79 Å². The molecule has 1 aromatic carbocycles. The minimum Gasteiger partial charge on any atom is -0.340 e. The zero-order valence-corrected chi connectivity index (χ0v) is 12.4. The van der Waals surface area contributed by atoms with Crippen LogP contribution in [0.2, 0.25) is 0 Å². The molecule has 2 aliphatic rings. The molecule has 20 heavy (non-hydrogen) atoms. The molecule has 0 bridgehead atoms. The Bertz CT molecular complexity index is 469. The van der Waals surface area contributed by atoms with Crippen molar-refractivity contribution >= 4 is 5.91 Å². The molecule has 1 aromatic rings. The lowest BCUT2D eigenvalue weighted by molar-refractivity contribution is -0.135. The van der Waals surface area contributed by atoms with E-state index in [1.165, 1.54) is 12.8 Å². The van der Waals surface area contributed by atoms with Crippen molar-refractivity contribution in [3.05, 3.63) is 35.9 Å². The molecular formula is C17H24N2O.